The highest BCUT2D eigenvalue weighted by Crippen LogP contribution is 2.21. The Bertz CT molecular complexity index is 650. The van der Waals surface area contributed by atoms with Crippen LogP contribution in [0.1, 0.15) is 46.2 Å². The van der Waals surface area contributed by atoms with Gasteiger partial charge < -0.3 is 19.5 Å². The van der Waals surface area contributed by atoms with Gasteiger partial charge in [-0.15, -0.1) is 0 Å². The zero-order valence-electron chi connectivity index (χ0n) is 17.1. The second-order valence-corrected chi connectivity index (χ2v) is 6.63. The monoisotopic (exact) mass is 395 g/mol. The van der Waals surface area contributed by atoms with Crippen LogP contribution in [0.2, 0.25) is 0 Å². The number of rotatable bonds is 6. The number of carbonyl (C=O) groups excluding carboxylic acids is 3. The molecule has 0 unspecified atom stereocenters. The van der Waals surface area contributed by atoms with E-state index in [0.29, 0.717) is 5.56 Å². The Hall–Kier alpha value is -2.97. The van der Waals surface area contributed by atoms with E-state index >= 15 is 0 Å². The smallest absolute Gasteiger partial charge is 0.429 e. The highest BCUT2D eigenvalue weighted by atomic mass is 16.6. The number of alkyl carbamates (subject to hydrolysis) is 1. The molecule has 2 atom stereocenters. The molecule has 0 spiro atoms. The largest absolute Gasteiger partial charge is 0.453 e. The molecule has 9 nitrogen and oxygen atoms in total. The minimum absolute atomic E-state index is 0.378. The van der Waals surface area contributed by atoms with Crippen molar-refractivity contribution in [2.75, 3.05) is 7.11 Å². The molecule has 1 aromatic carbocycles. The summed E-state index contributed by atoms with van der Waals surface area (Å²) in [5.41, 5.74) is 3.11. The zero-order valence-corrected chi connectivity index (χ0v) is 17.1. The standard InChI is InChI=1S/C19H29N3O6/c1-12(2)27-18(24)21-22(19(25)28-13(3)4)14(5)16(20-17(23)26-6)15-10-8-7-9-11-15/h7-14,16H,1-6H3,(H,20,23)(H,21,24)/t14-,16+/m1/s1. The summed E-state index contributed by atoms with van der Waals surface area (Å²) in [7, 11) is 1.24. The van der Waals surface area contributed by atoms with Crippen molar-refractivity contribution in [2.24, 2.45) is 0 Å². The molecule has 0 saturated heterocycles. The third-order valence-electron chi connectivity index (χ3n) is 3.59. The highest BCUT2D eigenvalue weighted by Gasteiger charge is 2.33. The quantitative estimate of drug-likeness (QED) is 0.565. The van der Waals surface area contributed by atoms with Crippen LogP contribution in [0.15, 0.2) is 30.3 Å². The fourth-order valence-electron chi connectivity index (χ4n) is 2.39. The molecule has 9 heteroatoms. The molecule has 0 heterocycles. The van der Waals surface area contributed by atoms with Gasteiger partial charge in [0.2, 0.25) is 0 Å². The number of carbonyl (C=O) groups is 3. The Labute approximate surface area is 165 Å². The molecule has 2 N–H and O–H groups in total. The van der Waals surface area contributed by atoms with E-state index in [4.69, 9.17) is 14.2 Å². The number of hydrazine groups is 1. The maximum Gasteiger partial charge on any atom is 0.429 e. The van der Waals surface area contributed by atoms with Gasteiger partial charge in [-0.2, -0.15) is 0 Å². The lowest BCUT2D eigenvalue weighted by Crippen LogP contribution is -2.56. The number of ether oxygens (including phenoxy) is 3. The lowest BCUT2D eigenvalue weighted by molar-refractivity contribution is 0.0272. The van der Waals surface area contributed by atoms with Gasteiger partial charge in [-0.1, -0.05) is 30.3 Å². The van der Waals surface area contributed by atoms with Gasteiger partial charge >= 0.3 is 18.3 Å². The van der Waals surface area contributed by atoms with Gasteiger partial charge in [-0.3, -0.25) is 0 Å². The second kappa shape index (κ2) is 11.0. The lowest BCUT2D eigenvalue weighted by atomic mass is 10.0. The highest BCUT2D eigenvalue weighted by molar-refractivity contribution is 5.75. The fraction of sp³-hybridized carbons (Fsp3) is 0.526. The van der Waals surface area contributed by atoms with E-state index in [1.807, 2.05) is 6.07 Å². The summed E-state index contributed by atoms with van der Waals surface area (Å²) >= 11 is 0. The molecule has 3 amide bonds. The van der Waals surface area contributed by atoms with E-state index in [1.54, 1.807) is 58.9 Å². The van der Waals surface area contributed by atoms with Crippen molar-refractivity contribution in [1.82, 2.24) is 15.8 Å². The minimum atomic E-state index is -0.813. The first kappa shape index (κ1) is 23.1. The first-order valence-electron chi connectivity index (χ1n) is 9.02. The van der Waals surface area contributed by atoms with E-state index < -0.39 is 36.5 Å². The first-order valence-corrected chi connectivity index (χ1v) is 9.02. The zero-order chi connectivity index (χ0) is 21.3. The van der Waals surface area contributed by atoms with Crippen LogP contribution in [0.25, 0.3) is 0 Å². The molecule has 1 aromatic rings. The van der Waals surface area contributed by atoms with Crippen LogP contribution in [0.3, 0.4) is 0 Å². The Balaban J connectivity index is 3.18. The molecule has 0 fully saturated rings. The number of hydrogen-bond donors (Lipinski definition) is 2. The minimum Gasteiger partial charge on any atom is -0.453 e. The third kappa shape index (κ3) is 7.34. The van der Waals surface area contributed by atoms with Crippen LogP contribution in [0.4, 0.5) is 14.4 Å². The molecule has 0 saturated carbocycles. The number of nitrogens with zero attached hydrogens (tertiary/aromatic N) is 1. The summed E-state index contributed by atoms with van der Waals surface area (Å²) in [5.74, 6) is 0. The van der Waals surface area contributed by atoms with E-state index in [0.717, 1.165) is 5.01 Å². The molecular weight excluding hydrogens is 366 g/mol. The topological polar surface area (TPSA) is 106 Å². The van der Waals surface area contributed by atoms with Crippen molar-refractivity contribution in [1.29, 1.82) is 0 Å². The van der Waals surface area contributed by atoms with Crippen LogP contribution >= 0.6 is 0 Å². The van der Waals surface area contributed by atoms with Crippen LogP contribution in [-0.2, 0) is 14.2 Å². The van der Waals surface area contributed by atoms with Crippen molar-refractivity contribution in [3.05, 3.63) is 35.9 Å². The molecule has 0 aliphatic carbocycles. The number of amides is 3. The van der Waals surface area contributed by atoms with Gasteiger partial charge in [0, 0.05) is 0 Å². The number of hydrogen-bond acceptors (Lipinski definition) is 6. The summed E-state index contributed by atoms with van der Waals surface area (Å²) in [6, 6.07) is 7.58. The predicted molar refractivity (Wildman–Crippen MR) is 102 cm³/mol. The molecule has 156 valence electrons. The van der Waals surface area contributed by atoms with E-state index in [9.17, 15) is 14.4 Å². The van der Waals surface area contributed by atoms with Crippen LogP contribution in [-0.4, -0.2) is 48.6 Å². The van der Waals surface area contributed by atoms with Gasteiger partial charge in [0.25, 0.3) is 0 Å². The lowest BCUT2D eigenvalue weighted by Gasteiger charge is -2.34. The van der Waals surface area contributed by atoms with Crippen LogP contribution in [0, 0.1) is 0 Å². The first-order chi connectivity index (χ1) is 13.1. The van der Waals surface area contributed by atoms with Gasteiger partial charge in [0.15, 0.2) is 0 Å². The van der Waals surface area contributed by atoms with Gasteiger partial charge in [-0.25, -0.2) is 24.8 Å². The Morgan fingerprint density at radius 1 is 0.893 bits per heavy atom. The SMILES string of the molecule is COC(=O)N[C@H](c1ccccc1)[C@@H](C)N(NC(=O)OC(C)C)C(=O)OC(C)C. The van der Waals surface area contributed by atoms with Crippen LogP contribution < -0.4 is 10.7 Å². The molecule has 0 bridgehead atoms. The summed E-state index contributed by atoms with van der Waals surface area (Å²) in [6.07, 6.45) is -3.06. The molecular formula is C19H29N3O6. The Kier molecular flexibility index (Phi) is 9.07. The van der Waals surface area contributed by atoms with Crippen molar-refractivity contribution >= 4 is 18.3 Å². The van der Waals surface area contributed by atoms with E-state index in [2.05, 4.69) is 10.7 Å². The van der Waals surface area contributed by atoms with Crippen molar-refractivity contribution in [3.63, 3.8) is 0 Å². The normalized spacial score (nSPS) is 12.7. The van der Waals surface area contributed by atoms with Crippen molar-refractivity contribution in [2.45, 2.75) is 58.9 Å². The summed E-state index contributed by atoms with van der Waals surface area (Å²) in [5, 5.41) is 3.68. The Morgan fingerprint density at radius 2 is 1.46 bits per heavy atom. The van der Waals surface area contributed by atoms with Gasteiger partial charge in [0.05, 0.1) is 31.4 Å². The molecule has 0 aliphatic rings. The van der Waals surface area contributed by atoms with Crippen molar-refractivity contribution < 1.29 is 28.6 Å². The van der Waals surface area contributed by atoms with E-state index in [-0.39, 0.29) is 6.10 Å². The van der Waals surface area contributed by atoms with Gasteiger partial charge in [-0.05, 0) is 40.2 Å². The van der Waals surface area contributed by atoms with Crippen LogP contribution in [0.5, 0.6) is 0 Å². The summed E-state index contributed by atoms with van der Waals surface area (Å²) < 4.78 is 15.0. The summed E-state index contributed by atoms with van der Waals surface area (Å²) in [4.78, 5) is 36.6. The number of benzene rings is 1. The second-order valence-electron chi connectivity index (χ2n) is 6.63. The average Bonchev–Trinajstić information content (AvgIpc) is 2.62. The maximum atomic E-state index is 12.6. The van der Waals surface area contributed by atoms with Crippen molar-refractivity contribution in [3.8, 4) is 0 Å². The number of nitrogens with one attached hydrogen (secondary N) is 2. The van der Waals surface area contributed by atoms with E-state index in [1.165, 1.54) is 7.11 Å². The maximum absolute atomic E-state index is 12.6. The Morgan fingerprint density at radius 3 is 1.96 bits per heavy atom. The third-order valence-corrected chi connectivity index (χ3v) is 3.59. The molecule has 0 radical (unpaired) electrons. The average molecular weight is 395 g/mol. The molecule has 0 aliphatic heterocycles. The summed E-state index contributed by atoms with van der Waals surface area (Å²) in [6.45, 7) is 8.41. The fourth-order valence-corrected chi connectivity index (χ4v) is 2.39. The molecule has 28 heavy (non-hydrogen) atoms. The molecule has 1 rings (SSSR count). The number of methoxy groups -OCH3 is 1. The molecule has 0 aromatic heterocycles. The predicted octanol–water partition coefficient (Wildman–Crippen LogP) is 3.37. The van der Waals surface area contributed by atoms with Gasteiger partial charge in [0.1, 0.15) is 0 Å².